The molecule has 7 N–H and O–H groups in total. The minimum atomic E-state index is -4.20. The minimum Gasteiger partial charge on any atom is -0.423 e. The predicted octanol–water partition coefficient (Wildman–Crippen LogP) is 8.52. The van der Waals surface area contributed by atoms with Gasteiger partial charge in [0.05, 0.1) is 32.3 Å². The lowest BCUT2D eigenvalue weighted by Crippen LogP contribution is -2.32. The summed E-state index contributed by atoms with van der Waals surface area (Å²) in [5, 5.41) is 21.4. The minimum absolute atomic E-state index is 0. The van der Waals surface area contributed by atoms with Crippen molar-refractivity contribution >= 4 is 110 Å². The molecule has 36 heteroatoms. The molecule has 0 bridgehead atoms. The molecule has 460 valence electrons. The van der Waals surface area contributed by atoms with Crippen LogP contribution in [0.25, 0.3) is 11.4 Å². The van der Waals surface area contributed by atoms with E-state index in [-0.39, 0.29) is 92.3 Å². The van der Waals surface area contributed by atoms with E-state index in [9.17, 15) is 39.5 Å². The van der Waals surface area contributed by atoms with Crippen molar-refractivity contribution in [3.8, 4) is 11.4 Å². The standard InChI is InChI=1S/C13H13F3N6.C9H11BF3N3O2.C9H9BrF3N3.C5H11N.C4H2BrClN2.C4H4ClN3.C4H8O.ClH/c14-13(15,16)9-2-4-22(7-9)12-19-5-8(6-20-12)11-18-3-1-10(17)21-11;11-9(12,13)6-1-2-16(5-6)8-14-3-7(4-15-8)10(17)18;10-7-3-14-8(15-4-7)16-2-1-6(5-16)9(11,12)13;1-5-2-3-6-4-5;5-3-1-7-4(6)8-2-3;5-4-7-2-1-3(6)8-4;1-2-4-5-3-1;/h1,3,5-6,9H,2,4,7H2,(H2,17,18,21);3-4,6,17-18H,1-2,5H2;3-4,6H,1-2,5H2;5-6H,2-4H2,1H3;1-2H;1-2H,(H2,6,7,8);1-4H2;1H. The first-order chi connectivity index (χ1) is 39.2. The van der Waals surface area contributed by atoms with E-state index >= 15 is 0 Å². The average molecular weight is 1380 g/mol. The highest BCUT2D eigenvalue weighted by Crippen LogP contribution is 2.37. The number of nitrogens with two attached hydrogens (primary N) is 2. The summed E-state index contributed by atoms with van der Waals surface area (Å²) >= 11 is 17.0. The van der Waals surface area contributed by atoms with Crippen molar-refractivity contribution in [1.29, 1.82) is 0 Å². The number of rotatable bonds is 5. The molecule has 21 nitrogen and oxygen atoms in total. The Balaban J connectivity index is 0.000000222. The highest BCUT2D eigenvalue weighted by Gasteiger charge is 2.46. The summed E-state index contributed by atoms with van der Waals surface area (Å²) in [7, 11) is -1.68. The zero-order valence-corrected chi connectivity index (χ0v) is 50.1. The summed E-state index contributed by atoms with van der Waals surface area (Å²) in [5.41, 5.74) is 11.5. The number of alkyl halides is 9. The topological polar surface area (TPSA) is 278 Å². The first-order valence-electron chi connectivity index (χ1n) is 25.4. The monoisotopic (exact) mass is 1380 g/mol. The molecule has 5 aliphatic rings. The van der Waals surface area contributed by atoms with Gasteiger partial charge in [-0.05, 0) is 125 Å². The van der Waals surface area contributed by atoms with Gasteiger partial charge < -0.3 is 46.3 Å². The van der Waals surface area contributed by atoms with E-state index in [2.05, 4.69) is 104 Å². The first-order valence-corrected chi connectivity index (χ1v) is 27.8. The number of aromatic nitrogens is 12. The van der Waals surface area contributed by atoms with E-state index in [1.165, 1.54) is 91.7 Å². The number of nitrogens with one attached hydrogen (secondary N) is 1. The SMILES string of the molecule is C1CCOC1.CC1CCNC1.Cl.Clc1ncc(Br)cn1.FC(F)(F)C1CCN(c2ncc(Br)cn2)C1.Nc1ccnc(-c2cnc(N3CCC(C(F)(F)F)C3)nc2)n1.Nc1ccnc(Cl)n1.OB(O)c1cnc(N2CCC(C(F)(F)F)C2)nc1. The fourth-order valence-electron chi connectivity index (χ4n) is 7.79. The molecule has 5 saturated heterocycles. The summed E-state index contributed by atoms with van der Waals surface area (Å²) in [6.07, 6.45) is 6.25. The number of anilines is 5. The first kappa shape index (κ1) is 71.1. The summed E-state index contributed by atoms with van der Waals surface area (Å²) in [5.74, 6) is -1.12. The molecule has 84 heavy (non-hydrogen) atoms. The number of hydrogen-bond acceptors (Lipinski definition) is 21. The van der Waals surface area contributed by atoms with Crippen molar-refractivity contribution in [3.63, 3.8) is 0 Å². The van der Waals surface area contributed by atoms with Crippen LogP contribution >= 0.6 is 67.5 Å². The van der Waals surface area contributed by atoms with Crippen LogP contribution in [0.4, 0.5) is 69.0 Å². The van der Waals surface area contributed by atoms with Gasteiger partial charge in [-0.15, -0.1) is 12.4 Å². The van der Waals surface area contributed by atoms with E-state index in [0.29, 0.717) is 40.0 Å². The third-order valence-electron chi connectivity index (χ3n) is 12.3. The highest BCUT2D eigenvalue weighted by molar-refractivity contribution is 9.10. The number of ether oxygens (including phenoxy) is 1. The van der Waals surface area contributed by atoms with E-state index < -0.39 is 43.4 Å². The fourth-order valence-corrected chi connectivity index (χ4v) is 8.45. The molecule has 0 saturated carbocycles. The molecule has 4 atom stereocenters. The van der Waals surface area contributed by atoms with Gasteiger partial charge in [-0.2, -0.15) is 39.5 Å². The fraction of sp³-hybridized carbons (Fsp3) is 0.500. The van der Waals surface area contributed by atoms with Crippen LogP contribution in [0.5, 0.6) is 0 Å². The molecule has 0 amide bonds. The highest BCUT2D eigenvalue weighted by atomic mass is 79.9. The zero-order valence-electron chi connectivity index (χ0n) is 44.6. The molecule has 11 rings (SSSR count). The smallest absolute Gasteiger partial charge is 0.423 e. The second-order valence-corrected chi connectivity index (χ2v) is 21.2. The van der Waals surface area contributed by atoms with Crippen molar-refractivity contribution in [3.05, 3.63) is 93.6 Å². The summed E-state index contributed by atoms with van der Waals surface area (Å²) in [6, 6.07) is 3.13. The van der Waals surface area contributed by atoms with Gasteiger partial charge in [0.2, 0.25) is 28.4 Å². The number of hydrogen-bond donors (Lipinski definition) is 5. The maximum Gasteiger partial charge on any atom is 0.491 e. The maximum atomic E-state index is 12.7. The van der Waals surface area contributed by atoms with Gasteiger partial charge in [-0.1, -0.05) is 6.92 Å². The molecule has 4 unspecified atom stereocenters. The maximum absolute atomic E-state index is 12.7. The molecule has 0 spiro atoms. The van der Waals surface area contributed by atoms with Crippen LogP contribution in [0.15, 0.2) is 83.0 Å². The molecule has 6 aromatic heterocycles. The van der Waals surface area contributed by atoms with Crippen molar-refractivity contribution < 1.29 is 54.3 Å². The lowest BCUT2D eigenvalue weighted by atomic mass is 9.83. The second-order valence-electron chi connectivity index (χ2n) is 18.7. The molecule has 11 heterocycles. The Labute approximate surface area is 510 Å². The molecular formula is C48H59BBr2Cl3F9N18O3. The molecule has 5 aliphatic heterocycles. The van der Waals surface area contributed by atoms with Crippen LogP contribution in [-0.2, 0) is 4.74 Å². The summed E-state index contributed by atoms with van der Waals surface area (Å²) in [6.45, 7) is 7.31. The Kier molecular flexibility index (Phi) is 29.3. The third-order valence-corrected chi connectivity index (χ3v) is 13.5. The van der Waals surface area contributed by atoms with Crippen LogP contribution in [0.2, 0.25) is 10.6 Å². The van der Waals surface area contributed by atoms with Crippen LogP contribution in [0.1, 0.15) is 45.4 Å². The van der Waals surface area contributed by atoms with Crippen molar-refractivity contribution in [2.45, 2.75) is 64.0 Å². The van der Waals surface area contributed by atoms with Crippen LogP contribution < -0.4 is 36.9 Å². The molecule has 5 fully saturated rings. The number of nitrogen functional groups attached to an aromatic ring is 2. The summed E-state index contributed by atoms with van der Waals surface area (Å²) in [4.78, 5) is 51.0. The second kappa shape index (κ2) is 34.7. The third kappa shape index (κ3) is 25.3. The number of halogens is 14. The van der Waals surface area contributed by atoms with Gasteiger partial charge in [0.15, 0.2) is 5.82 Å². The van der Waals surface area contributed by atoms with Crippen molar-refractivity contribution in [1.82, 2.24) is 65.1 Å². The van der Waals surface area contributed by atoms with E-state index in [1.54, 1.807) is 29.4 Å². The Morgan fingerprint density at radius 1 is 0.583 bits per heavy atom. The Hall–Kier alpha value is -5.42. The van der Waals surface area contributed by atoms with Gasteiger partial charge in [0.1, 0.15) is 11.6 Å². The van der Waals surface area contributed by atoms with E-state index in [4.69, 9.17) is 49.5 Å². The van der Waals surface area contributed by atoms with Gasteiger partial charge in [-0.25, -0.2) is 59.8 Å². The summed E-state index contributed by atoms with van der Waals surface area (Å²) < 4.78 is 119. The van der Waals surface area contributed by atoms with Crippen molar-refractivity contribution in [2.75, 3.05) is 91.7 Å². The molecular weight excluding hydrogens is 1320 g/mol. The zero-order chi connectivity index (χ0) is 60.7. The van der Waals surface area contributed by atoms with Crippen molar-refractivity contribution in [2.24, 2.45) is 23.7 Å². The Morgan fingerprint density at radius 3 is 1.29 bits per heavy atom. The Bertz CT molecular complexity index is 2790. The molecule has 0 aromatic carbocycles. The van der Waals surface area contributed by atoms with Gasteiger partial charge in [0.25, 0.3) is 0 Å². The number of nitrogens with zero attached hydrogens (tertiary/aromatic N) is 15. The van der Waals surface area contributed by atoms with Crippen LogP contribution in [0, 0.1) is 23.7 Å². The molecule has 6 aromatic rings. The lowest BCUT2D eigenvalue weighted by Gasteiger charge is -2.17. The lowest BCUT2D eigenvalue weighted by molar-refractivity contribution is -0.168. The van der Waals surface area contributed by atoms with Crippen LogP contribution in [-0.4, -0.2) is 161 Å². The van der Waals surface area contributed by atoms with Gasteiger partial charge in [0, 0.05) is 120 Å². The average Bonchev–Trinajstić information content (AvgIpc) is 4.27. The molecule has 0 aliphatic carbocycles. The molecule has 0 radical (unpaired) electrons. The normalized spacial score (nSPS) is 19.0. The Morgan fingerprint density at radius 2 is 0.988 bits per heavy atom. The predicted molar refractivity (Wildman–Crippen MR) is 308 cm³/mol. The van der Waals surface area contributed by atoms with E-state index in [0.717, 1.165) is 23.6 Å². The van der Waals surface area contributed by atoms with Crippen LogP contribution in [0.3, 0.4) is 0 Å². The van der Waals surface area contributed by atoms with Gasteiger partial charge >= 0.3 is 25.6 Å². The van der Waals surface area contributed by atoms with Gasteiger partial charge in [-0.3, -0.25) is 0 Å². The van der Waals surface area contributed by atoms with E-state index in [1.807, 2.05) is 0 Å². The quantitative estimate of drug-likeness (QED) is 0.0614. The largest absolute Gasteiger partial charge is 0.491 e.